The smallest absolute Gasteiger partial charge is 0.384 e. The van der Waals surface area contributed by atoms with Gasteiger partial charge < -0.3 is 10.5 Å². The Morgan fingerprint density at radius 3 is 3.00 bits per heavy atom. The second-order valence-corrected chi connectivity index (χ2v) is 2.25. The van der Waals surface area contributed by atoms with Crippen LogP contribution < -0.4 is 5.73 Å². The van der Waals surface area contributed by atoms with Gasteiger partial charge in [-0.05, 0) is 6.07 Å². The van der Waals surface area contributed by atoms with Crippen molar-refractivity contribution in [1.82, 2.24) is 4.98 Å². The fraction of sp³-hybridized carbons (Fsp3) is 0.111. The van der Waals surface area contributed by atoms with Gasteiger partial charge >= 0.3 is 5.97 Å². The molecule has 1 rings (SSSR count). The fourth-order valence-corrected chi connectivity index (χ4v) is 0.700. The second kappa shape index (κ2) is 4.12. The van der Waals surface area contributed by atoms with E-state index >= 15 is 0 Å². The molecule has 0 saturated carbocycles. The Hall–Kier alpha value is -2.02. The number of pyridine rings is 1. The predicted molar refractivity (Wildman–Crippen MR) is 47.5 cm³/mol. The molecule has 0 spiro atoms. The lowest BCUT2D eigenvalue weighted by Crippen LogP contribution is -1.94. The second-order valence-electron chi connectivity index (χ2n) is 2.25. The molecule has 4 heteroatoms. The molecule has 0 unspecified atom stereocenters. The summed E-state index contributed by atoms with van der Waals surface area (Å²) >= 11 is 0. The molecule has 1 aromatic rings. The van der Waals surface area contributed by atoms with Crippen molar-refractivity contribution in [2.24, 2.45) is 0 Å². The van der Waals surface area contributed by atoms with E-state index in [9.17, 15) is 4.79 Å². The van der Waals surface area contributed by atoms with Gasteiger partial charge in [0.15, 0.2) is 0 Å². The van der Waals surface area contributed by atoms with Crippen molar-refractivity contribution >= 4 is 11.7 Å². The van der Waals surface area contributed by atoms with Crippen LogP contribution in [-0.4, -0.2) is 18.1 Å². The summed E-state index contributed by atoms with van der Waals surface area (Å²) in [6.45, 7) is 0. The van der Waals surface area contributed by atoms with Crippen LogP contribution in [0.2, 0.25) is 0 Å². The number of nitrogens with two attached hydrogens (primary N) is 1. The molecule has 13 heavy (non-hydrogen) atoms. The lowest BCUT2D eigenvalue weighted by Gasteiger charge is -1.91. The minimum atomic E-state index is -0.581. The molecule has 0 aromatic carbocycles. The predicted octanol–water partition coefficient (Wildman–Crippen LogP) is 0.188. The summed E-state index contributed by atoms with van der Waals surface area (Å²) in [5.74, 6) is 4.26. The summed E-state index contributed by atoms with van der Waals surface area (Å²) in [6, 6.07) is 1.63. The Bertz CT molecular complexity index is 377. The van der Waals surface area contributed by atoms with E-state index in [-0.39, 0.29) is 0 Å². The maximum Gasteiger partial charge on any atom is 0.384 e. The monoisotopic (exact) mass is 176 g/mol. The first-order valence-electron chi connectivity index (χ1n) is 3.53. The molecule has 0 saturated heterocycles. The normalized spacial score (nSPS) is 8.38. The van der Waals surface area contributed by atoms with Crippen LogP contribution in [0, 0.1) is 11.8 Å². The highest BCUT2D eigenvalue weighted by Gasteiger charge is 1.91. The van der Waals surface area contributed by atoms with Crippen molar-refractivity contribution in [3.63, 3.8) is 0 Å². The van der Waals surface area contributed by atoms with Gasteiger partial charge in [0, 0.05) is 23.9 Å². The van der Waals surface area contributed by atoms with E-state index < -0.39 is 5.97 Å². The Labute approximate surface area is 75.7 Å². The standard InChI is InChI=1S/C9H8N2O2/c1-13-9(12)3-2-7-4-8(10)6-11-5-7/h4-6H,10H2,1H3. The third kappa shape index (κ3) is 2.83. The van der Waals surface area contributed by atoms with E-state index in [1.54, 1.807) is 6.07 Å². The molecular formula is C9H8N2O2. The van der Waals surface area contributed by atoms with E-state index in [4.69, 9.17) is 5.73 Å². The topological polar surface area (TPSA) is 65.2 Å². The van der Waals surface area contributed by atoms with Crippen LogP contribution >= 0.6 is 0 Å². The number of nitrogens with zero attached hydrogens (tertiary/aromatic N) is 1. The minimum Gasteiger partial charge on any atom is -0.459 e. The van der Waals surface area contributed by atoms with Gasteiger partial charge in [0.05, 0.1) is 12.8 Å². The summed E-state index contributed by atoms with van der Waals surface area (Å²) in [5, 5.41) is 0. The van der Waals surface area contributed by atoms with Crippen molar-refractivity contribution in [1.29, 1.82) is 0 Å². The summed E-state index contributed by atoms with van der Waals surface area (Å²) in [6.07, 6.45) is 3.02. The Balaban J connectivity index is 2.83. The van der Waals surface area contributed by atoms with Gasteiger partial charge in [-0.2, -0.15) is 0 Å². The van der Waals surface area contributed by atoms with Crippen LogP contribution in [-0.2, 0) is 9.53 Å². The van der Waals surface area contributed by atoms with Crippen LogP contribution in [0.3, 0.4) is 0 Å². The summed E-state index contributed by atoms with van der Waals surface area (Å²) in [5.41, 5.74) is 6.55. The maximum absolute atomic E-state index is 10.6. The fourth-order valence-electron chi connectivity index (χ4n) is 0.700. The number of hydrogen-bond acceptors (Lipinski definition) is 4. The van der Waals surface area contributed by atoms with Gasteiger partial charge in [-0.15, -0.1) is 0 Å². The van der Waals surface area contributed by atoms with Crippen LogP contribution in [0.4, 0.5) is 5.69 Å². The molecule has 0 atom stereocenters. The molecule has 0 aliphatic carbocycles. The number of rotatable bonds is 0. The van der Waals surface area contributed by atoms with Crippen molar-refractivity contribution in [2.75, 3.05) is 12.8 Å². The van der Waals surface area contributed by atoms with E-state index in [2.05, 4.69) is 21.6 Å². The van der Waals surface area contributed by atoms with Crippen LogP contribution in [0.25, 0.3) is 0 Å². The zero-order chi connectivity index (χ0) is 9.68. The van der Waals surface area contributed by atoms with Crippen molar-refractivity contribution in [3.8, 4) is 11.8 Å². The average Bonchev–Trinajstić information content (AvgIpc) is 2.14. The van der Waals surface area contributed by atoms with Gasteiger partial charge in [0.2, 0.25) is 0 Å². The Kier molecular flexibility index (Phi) is 2.87. The largest absolute Gasteiger partial charge is 0.459 e. The number of esters is 1. The quantitative estimate of drug-likeness (QED) is 0.452. The molecule has 0 aliphatic heterocycles. The Morgan fingerprint density at radius 1 is 1.62 bits per heavy atom. The third-order valence-electron chi connectivity index (χ3n) is 1.25. The highest BCUT2D eigenvalue weighted by atomic mass is 16.5. The van der Waals surface area contributed by atoms with Gasteiger partial charge in [0.25, 0.3) is 0 Å². The molecule has 0 aliphatic rings. The first kappa shape index (κ1) is 9.07. The molecule has 4 nitrogen and oxygen atoms in total. The number of aromatic nitrogens is 1. The zero-order valence-electron chi connectivity index (χ0n) is 7.07. The molecule has 1 aromatic heterocycles. The molecule has 0 fully saturated rings. The van der Waals surface area contributed by atoms with Crippen molar-refractivity contribution < 1.29 is 9.53 Å². The van der Waals surface area contributed by atoms with E-state index in [1.165, 1.54) is 19.5 Å². The molecule has 66 valence electrons. The number of carbonyl (C=O) groups is 1. The number of nitrogen functional groups attached to an aromatic ring is 1. The highest BCUT2D eigenvalue weighted by Crippen LogP contribution is 2.01. The lowest BCUT2D eigenvalue weighted by atomic mass is 10.3. The molecule has 1 heterocycles. The average molecular weight is 176 g/mol. The van der Waals surface area contributed by atoms with Crippen molar-refractivity contribution in [3.05, 3.63) is 24.0 Å². The molecule has 0 bridgehead atoms. The maximum atomic E-state index is 10.6. The van der Waals surface area contributed by atoms with Crippen LogP contribution in [0.5, 0.6) is 0 Å². The summed E-state index contributed by atoms with van der Waals surface area (Å²) < 4.78 is 4.34. The Morgan fingerprint density at radius 2 is 2.38 bits per heavy atom. The van der Waals surface area contributed by atoms with Gasteiger partial charge in [-0.3, -0.25) is 4.98 Å². The summed E-state index contributed by atoms with van der Waals surface area (Å²) in [7, 11) is 1.27. The number of ether oxygens (including phenoxy) is 1. The highest BCUT2D eigenvalue weighted by molar-refractivity contribution is 5.89. The first-order chi connectivity index (χ1) is 6.22. The number of carbonyl (C=O) groups excluding carboxylic acids is 1. The van der Waals surface area contributed by atoms with Gasteiger partial charge in [-0.25, -0.2) is 4.79 Å². The molecule has 2 N–H and O–H groups in total. The number of hydrogen-bond donors (Lipinski definition) is 1. The zero-order valence-corrected chi connectivity index (χ0v) is 7.07. The lowest BCUT2D eigenvalue weighted by molar-refractivity contribution is -0.133. The van der Waals surface area contributed by atoms with Crippen molar-refractivity contribution in [2.45, 2.75) is 0 Å². The third-order valence-corrected chi connectivity index (χ3v) is 1.25. The number of methoxy groups -OCH3 is 1. The summed E-state index contributed by atoms with van der Waals surface area (Å²) in [4.78, 5) is 14.4. The SMILES string of the molecule is COC(=O)C#Cc1cncc(N)c1. The molecular weight excluding hydrogens is 168 g/mol. The van der Waals surface area contributed by atoms with E-state index in [0.29, 0.717) is 11.3 Å². The first-order valence-corrected chi connectivity index (χ1v) is 3.53. The molecule has 0 amide bonds. The van der Waals surface area contributed by atoms with Crippen LogP contribution in [0.1, 0.15) is 5.56 Å². The van der Waals surface area contributed by atoms with Gasteiger partial charge in [0.1, 0.15) is 0 Å². The van der Waals surface area contributed by atoms with Gasteiger partial charge in [-0.1, -0.05) is 5.92 Å². The molecule has 0 radical (unpaired) electrons. The van der Waals surface area contributed by atoms with E-state index in [1.807, 2.05) is 0 Å². The number of anilines is 1. The van der Waals surface area contributed by atoms with Crippen LogP contribution in [0.15, 0.2) is 18.5 Å². The van der Waals surface area contributed by atoms with E-state index in [0.717, 1.165) is 0 Å². The minimum absolute atomic E-state index is 0.511.